The summed E-state index contributed by atoms with van der Waals surface area (Å²) in [5.74, 6) is 1.00. The average Bonchev–Trinajstić information content (AvgIpc) is 2.97. The number of ether oxygens (including phenoxy) is 1. The highest BCUT2D eigenvalue weighted by Gasteiger charge is 2.22. The van der Waals surface area contributed by atoms with Crippen LogP contribution in [0, 0.1) is 6.92 Å². The number of nitrogen functional groups attached to an aromatic ring is 1. The Labute approximate surface area is 129 Å². The normalized spacial score (nSPS) is 14.3. The molecule has 2 aromatic rings. The van der Waals surface area contributed by atoms with E-state index in [9.17, 15) is 0 Å². The van der Waals surface area contributed by atoms with Gasteiger partial charge in [0.25, 0.3) is 0 Å². The number of aryl methyl sites for hydroxylation is 1. The molecule has 0 aliphatic carbocycles. The minimum absolute atomic E-state index is 0.700. The molecule has 1 aromatic carbocycles. The molecule has 0 unspecified atom stereocenters. The van der Waals surface area contributed by atoms with Crippen LogP contribution in [0.15, 0.2) is 24.3 Å². The van der Waals surface area contributed by atoms with Crippen molar-refractivity contribution in [3.05, 3.63) is 40.4 Å². The van der Waals surface area contributed by atoms with Crippen LogP contribution in [0.25, 0.3) is 0 Å². The maximum absolute atomic E-state index is 5.82. The van der Waals surface area contributed by atoms with Crippen molar-refractivity contribution in [1.82, 2.24) is 9.88 Å². The van der Waals surface area contributed by atoms with Crippen LogP contribution >= 0.6 is 11.3 Å². The number of anilines is 1. The minimum atomic E-state index is 0.700. The van der Waals surface area contributed by atoms with Crippen molar-refractivity contribution in [2.45, 2.75) is 32.9 Å². The lowest BCUT2D eigenvalue weighted by molar-refractivity contribution is 0.253. The van der Waals surface area contributed by atoms with E-state index in [-0.39, 0.29) is 0 Å². The SMILES string of the molecule is Cc1ccccc1OCCCCN1Cc2nc(N)sc2C1. The lowest BCUT2D eigenvalue weighted by Crippen LogP contribution is -2.18. The molecule has 3 rings (SSSR count). The van der Waals surface area contributed by atoms with Crippen LogP contribution in [-0.2, 0) is 13.1 Å². The van der Waals surface area contributed by atoms with E-state index in [1.54, 1.807) is 11.3 Å². The van der Waals surface area contributed by atoms with Gasteiger partial charge in [-0.25, -0.2) is 4.98 Å². The highest BCUT2D eigenvalue weighted by atomic mass is 32.1. The Morgan fingerprint density at radius 1 is 1.29 bits per heavy atom. The summed E-state index contributed by atoms with van der Waals surface area (Å²) in [4.78, 5) is 8.13. The highest BCUT2D eigenvalue weighted by molar-refractivity contribution is 7.15. The number of para-hydroxylation sites is 1. The van der Waals surface area contributed by atoms with Gasteiger partial charge in [-0.15, -0.1) is 11.3 Å². The molecule has 0 radical (unpaired) electrons. The number of hydrogen-bond donors (Lipinski definition) is 1. The molecule has 112 valence electrons. The van der Waals surface area contributed by atoms with E-state index in [4.69, 9.17) is 10.5 Å². The molecule has 0 spiro atoms. The largest absolute Gasteiger partial charge is 0.493 e. The van der Waals surface area contributed by atoms with Gasteiger partial charge in [0.05, 0.1) is 12.3 Å². The Morgan fingerprint density at radius 2 is 2.14 bits per heavy atom. The van der Waals surface area contributed by atoms with E-state index >= 15 is 0 Å². The Hall–Kier alpha value is -1.59. The number of nitrogens with zero attached hydrogens (tertiary/aromatic N) is 2. The van der Waals surface area contributed by atoms with Crippen LogP contribution in [0.3, 0.4) is 0 Å². The summed E-state index contributed by atoms with van der Waals surface area (Å²) >= 11 is 1.62. The van der Waals surface area contributed by atoms with E-state index in [0.717, 1.165) is 44.8 Å². The predicted octanol–water partition coefficient (Wildman–Crippen LogP) is 3.21. The quantitative estimate of drug-likeness (QED) is 0.833. The summed E-state index contributed by atoms with van der Waals surface area (Å²) in [6, 6.07) is 8.17. The molecule has 1 aromatic heterocycles. The van der Waals surface area contributed by atoms with Gasteiger partial charge in [0, 0.05) is 18.0 Å². The van der Waals surface area contributed by atoms with Gasteiger partial charge in [-0.3, -0.25) is 4.90 Å². The summed E-state index contributed by atoms with van der Waals surface area (Å²) in [7, 11) is 0. The summed E-state index contributed by atoms with van der Waals surface area (Å²) in [5.41, 5.74) is 8.09. The predicted molar refractivity (Wildman–Crippen MR) is 86.5 cm³/mol. The maximum Gasteiger partial charge on any atom is 0.180 e. The second kappa shape index (κ2) is 6.45. The van der Waals surface area contributed by atoms with Crippen LogP contribution in [0.2, 0.25) is 0 Å². The number of nitrogens with two attached hydrogens (primary N) is 1. The lowest BCUT2D eigenvalue weighted by atomic mass is 10.2. The van der Waals surface area contributed by atoms with Crippen molar-refractivity contribution in [2.24, 2.45) is 0 Å². The average molecular weight is 303 g/mol. The van der Waals surface area contributed by atoms with Gasteiger partial charge in [-0.05, 0) is 37.9 Å². The van der Waals surface area contributed by atoms with E-state index in [2.05, 4.69) is 22.9 Å². The number of rotatable bonds is 6. The van der Waals surface area contributed by atoms with Crippen molar-refractivity contribution in [1.29, 1.82) is 0 Å². The molecule has 2 N–H and O–H groups in total. The van der Waals surface area contributed by atoms with Crippen molar-refractivity contribution in [3.63, 3.8) is 0 Å². The van der Waals surface area contributed by atoms with Gasteiger partial charge in [-0.2, -0.15) is 0 Å². The van der Waals surface area contributed by atoms with Gasteiger partial charge < -0.3 is 10.5 Å². The number of hydrogen-bond acceptors (Lipinski definition) is 5. The molecule has 21 heavy (non-hydrogen) atoms. The molecular formula is C16H21N3OS. The van der Waals surface area contributed by atoms with Gasteiger partial charge >= 0.3 is 0 Å². The third kappa shape index (κ3) is 3.54. The molecule has 1 aliphatic rings. The molecule has 4 nitrogen and oxygen atoms in total. The number of unbranched alkanes of at least 4 members (excludes halogenated alkanes) is 1. The first kappa shape index (κ1) is 14.4. The van der Waals surface area contributed by atoms with Crippen molar-refractivity contribution in [2.75, 3.05) is 18.9 Å². The number of aromatic nitrogens is 1. The zero-order valence-corrected chi connectivity index (χ0v) is 13.2. The summed E-state index contributed by atoms with van der Waals surface area (Å²) in [6.45, 7) is 5.91. The fourth-order valence-electron chi connectivity index (χ4n) is 2.62. The smallest absolute Gasteiger partial charge is 0.180 e. The van der Waals surface area contributed by atoms with E-state index < -0.39 is 0 Å². The summed E-state index contributed by atoms with van der Waals surface area (Å²) in [5, 5.41) is 0.700. The van der Waals surface area contributed by atoms with Crippen molar-refractivity contribution >= 4 is 16.5 Å². The zero-order chi connectivity index (χ0) is 14.7. The first-order valence-electron chi connectivity index (χ1n) is 7.37. The minimum Gasteiger partial charge on any atom is -0.493 e. The Balaban J connectivity index is 1.34. The third-order valence-electron chi connectivity index (χ3n) is 3.76. The monoisotopic (exact) mass is 303 g/mol. The zero-order valence-electron chi connectivity index (χ0n) is 12.3. The fraction of sp³-hybridized carbons (Fsp3) is 0.438. The second-order valence-corrected chi connectivity index (χ2v) is 6.57. The van der Waals surface area contributed by atoms with E-state index in [1.165, 1.54) is 16.1 Å². The third-order valence-corrected chi connectivity index (χ3v) is 4.67. The molecule has 0 atom stereocenters. The van der Waals surface area contributed by atoms with Gasteiger partial charge in [-0.1, -0.05) is 18.2 Å². The molecule has 1 aliphatic heterocycles. The summed E-state index contributed by atoms with van der Waals surface area (Å²) in [6.07, 6.45) is 2.23. The fourth-order valence-corrected chi connectivity index (χ4v) is 3.50. The number of fused-ring (bicyclic) bond motifs is 1. The molecule has 0 fully saturated rings. The topological polar surface area (TPSA) is 51.4 Å². The highest BCUT2D eigenvalue weighted by Crippen LogP contribution is 2.29. The molecular weight excluding hydrogens is 282 g/mol. The van der Waals surface area contributed by atoms with Crippen LogP contribution in [0.4, 0.5) is 5.13 Å². The van der Waals surface area contributed by atoms with Crippen LogP contribution in [0.1, 0.15) is 29.0 Å². The van der Waals surface area contributed by atoms with Gasteiger partial charge in [0.1, 0.15) is 5.75 Å². The first-order chi connectivity index (χ1) is 10.2. The van der Waals surface area contributed by atoms with Gasteiger partial charge in [0.2, 0.25) is 0 Å². The standard InChI is InChI=1S/C16H21N3OS/c1-12-6-2-3-7-14(12)20-9-5-4-8-19-10-13-15(11-19)21-16(17)18-13/h2-3,6-7H,4-5,8-11H2,1H3,(H2,17,18). The molecule has 0 bridgehead atoms. The Bertz CT molecular complexity index is 588. The maximum atomic E-state index is 5.82. The Kier molecular flexibility index (Phi) is 4.41. The second-order valence-electron chi connectivity index (χ2n) is 5.45. The summed E-state index contributed by atoms with van der Waals surface area (Å²) < 4.78 is 5.82. The van der Waals surface area contributed by atoms with E-state index in [1.807, 2.05) is 18.2 Å². The molecule has 0 saturated heterocycles. The van der Waals surface area contributed by atoms with E-state index in [0.29, 0.717) is 5.13 Å². The van der Waals surface area contributed by atoms with Crippen LogP contribution < -0.4 is 10.5 Å². The van der Waals surface area contributed by atoms with Gasteiger partial charge in [0.15, 0.2) is 5.13 Å². The first-order valence-corrected chi connectivity index (χ1v) is 8.19. The van der Waals surface area contributed by atoms with Crippen molar-refractivity contribution < 1.29 is 4.74 Å². The molecule has 0 amide bonds. The lowest BCUT2D eigenvalue weighted by Gasteiger charge is -2.14. The molecule has 0 saturated carbocycles. The molecule has 2 heterocycles. The number of thiazole rings is 1. The molecule has 5 heteroatoms. The van der Waals surface area contributed by atoms with Crippen molar-refractivity contribution in [3.8, 4) is 5.75 Å². The number of benzene rings is 1. The van der Waals surface area contributed by atoms with Crippen LogP contribution in [-0.4, -0.2) is 23.0 Å². The Morgan fingerprint density at radius 3 is 2.95 bits per heavy atom. The van der Waals surface area contributed by atoms with Crippen LogP contribution in [0.5, 0.6) is 5.75 Å².